The highest BCUT2D eigenvalue weighted by atomic mass is 32.2. The maximum absolute atomic E-state index is 12.4. The van der Waals surface area contributed by atoms with Crippen molar-refractivity contribution in [3.8, 4) is 0 Å². The number of carbonyl (C=O) groups is 1. The maximum atomic E-state index is 12.4. The van der Waals surface area contributed by atoms with Gasteiger partial charge < -0.3 is 14.1 Å². The van der Waals surface area contributed by atoms with Crippen LogP contribution in [0.1, 0.15) is 46.3 Å². The first-order valence-corrected chi connectivity index (χ1v) is 10.9. The summed E-state index contributed by atoms with van der Waals surface area (Å²) in [7, 11) is 0. The van der Waals surface area contributed by atoms with Gasteiger partial charge in [0, 0.05) is 13.1 Å². The van der Waals surface area contributed by atoms with Crippen LogP contribution in [0.2, 0.25) is 0 Å². The maximum Gasteiger partial charge on any atom is 0.319 e. The monoisotopic (exact) mass is 406 g/mol. The number of nitrogens with zero attached hydrogens (tertiary/aromatic N) is 4. The number of rotatable bonds is 8. The lowest BCUT2D eigenvalue weighted by atomic mass is 10.00. The van der Waals surface area contributed by atoms with Crippen LogP contribution in [-0.4, -0.2) is 45.7 Å². The molecule has 1 atom stereocenters. The molecule has 1 fully saturated rings. The zero-order chi connectivity index (χ0) is 20.1. The Kier molecular flexibility index (Phi) is 7.04. The third-order valence-electron chi connectivity index (χ3n) is 5.01. The van der Waals surface area contributed by atoms with Gasteiger partial charge in [-0.2, -0.15) is 0 Å². The molecule has 0 saturated carbocycles. The Labute approximate surface area is 170 Å². The summed E-state index contributed by atoms with van der Waals surface area (Å²) in [6.07, 6.45) is 3.96. The SMILES string of the molecule is CCOC(=O)C(Sc1nnc(N2CCC(C)CC2)n1Cc1ccco1)C(C)C. The molecule has 2 aromatic rings. The van der Waals surface area contributed by atoms with Crippen LogP contribution < -0.4 is 4.90 Å². The number of esters is 1. The third-order valence-corrected chi connectivity index (χ3v) is 6.52. The molecule has 0 radical (unpaired) electrons. The summed E-state index contributed by atoms with van der Waals surface area (Å²) in [5, 5.41) is 9.32. The van der Waals surface area contributed by atoms with Crippen LogP contribution in [0.25, 0.3) is 0 Å². The Bertz CT molecular complexity index is 752. The third kappa shape index (κ3) is 4.90. The van der Waals surface area contributed by atoms with Crippen LogP contribution in [0, 0.1) is 11.8 Å². The van der Waals surface area contributed by atoms with Crippen LogP contribution in [0.4, 0.5) is 5.95 Å². The minimum Gasteiger partial charge on any atom is -0.467 e. The minimum absolute atomic E-state index is 0.122. The summed E-state index contributed by atoms with van der Waals surface area (Å²) in [4.78, 5) is 14.7. The molecular weight excluding hydrogens is 376 g/mol. The molecule has 0 spiro atoms. The quantitative estimate of drug-likeness (QED) is 0.487. The van der Waals surface area contributed by atoms with Gasteiger partial charge in [0.05, 0.1) is 19.4 Å². The van der Waals surface area contributed by atoms with Gasteiger partial charge in [-0.1, -0.05) is 32.5 Å². The van der Waals surface area contributed by atoms with Crippen LogP contribution >= 0.6 is 11.8 Å². The Morgan fingerprint density at radius 3 is 2.71 bits per heavy atom. The number of thioether (sulfide) groups is 1. The van der Waals surface area contributed by atoms with Crippen molar-refractivity contribution in [3.05, 3.63) is 24.2 Å². The largest absolute Gasteiger partial charge is 0.467 e. The normalized spacial score (nSPS) is 16.5. The lowest BCUT2D eigenvalue weighted by Gasteiger charge is -2.31. The molecule has 7 nitrogen and oxygen atoms in total. The van der Waals surface area contributed by atoms with Crippen LogP contribution in [0.15, 0.2) is 28.0 Å². The molecule has 0 amide bonds. The molecule has 0 aliphatic carbocycles. The molecule has 0 N–H and O–H groups in total. The van der Waals surface area contributed by atoms with E-state index in [1.165, 1.54) is 11.8 Å². The van der Waals surface area contributed by atoms with Crippen LogP contribution in [0.3, 0.4) is 0 Å². The van der Waals surface area contributed by atoms with Gasteiger partial charge >= 0.3 is 5.97 Å². The summed E-state index contributed by atoms with van der Waals surface area (Å²) >= 11 is 1.43. The van der Waals surface area contributed by atoms with E-state index in [2.05, 4.69) is 26.6 Å². The van der Waals surface area contributed by atoms with E-state index >= 15 is 0 Å². The van der Waals surface area contributed by atoms with E-state index in [4.69, 9.17) is 9.15 Å². The second-order valence-corrected chi connectivity index (χ2v) is 8.76. The number of ether oxygens (including phenoxy) is 1. The van der Waals surface area contributed by atoms with Crippen molar-refractivity contribution in [3.63, 3.8) is 0 Å². The van der Waals surface area contributed by atoms with Crippen molar-refractivity contribution < 1.29 is 13.9 Å². The van der Waals surface area contributed by atoms with Crippen LogP contribution in [-0.2, 0) is 16.1 Å². The molecule has 3 heterocycles. The first-order valence-electron chi connectivity index (χ1n) is 10.0. The topological polar surface area (TPSA) is 73.4 Å². The molecule has 1 aliphatic rings. The second-order valence-electron chi connectivity index (χ2n) is 7.65. The Hall–Kier alpha value is -1.96. The smallest absolute Gasteiger partial charge is 0.319 e. The fourth-order valence-corrected chi connectivity index (χ4v) is 4.33. The van der Waals surface area contributed by atoms with E-state index in [1.807, 2.05) is 32.9 Å². The summed E-state index contributed by atoms with van der Waals surface area (Å²) in [6.45, 7) is 11.0. The van der Waals surface area contributed by atoms with E-state index in [1.54, 1.807) is 6.26 Å². The number of anilines is 1. The number of piperidine rings is 1. The molecule has 0 bridgehead atoms. The van der Waals surface area contributed by atoms with E-state index in [-0.39, 0.29) is 17.1 Å². The highest BCUT2D eigenvalue weighted by molar-refractivity contribution is 8.00. The highest BCUT2D eigenvalue weighted by Gasteiger charge is 2.30. The zero-order valence-corrected chi connectivity index (χ0v) is 17.9. The summed E-state index contributed by atoms with van der Waals surface area (Å²) in [5.74, 6) is 2.34. The molecule has 8 heteroatoms. The number of furan rings is 1. The van der Waals surface area contributed by atoms with Crippen molar-refractivity contribution in [2.45, 2.75) is 57.5 Å². The predicted octanol–water partition coefficient (Wildman–Crippen LogP) is 3.84. The van der Waals surface area contributed by atoms with Crippen molar-refractivity contribution in [2.75, 3.05) is 24.6 Å². The summed E-state index contributed by atoms with van der Waals surface area (Å²) in [6, 6.07) is 3.83. The van der Waals surface area contributed by atoms with E-state index in [0.717, 1.165) is 48.7 Å². The number of carbonyl (C=O) groups excluding carboxylic acids is 1. The van der Waals surface area contributed by atoms with Crippen LogP contribution in [0.5, 0.6) is 0 Å². The zero-order valence-electron chi connectivity index (χ0n) is 17.1. The second kappa shape index (κ2) is 9.49. The Balaban J connectivity index is 1.88. The van der Waals surface area contributed by atoms with Crippen molar-refractivity contribution in [1.29, 1.82) is 0 Å². The van der Waals surface area contributed by atoms with Gasteiger partial charge in [-0.05, 0) is 43.7 Å². The van der Waals surface area contributed by atoms with Gasteiger partial charge in [-0.3, -0.25) is 9.36 Å². The molecule has 1 aliphatic heterocycles. The molecule has 28 heavy (non-hydrogen) atoms. The average molecular weight is 407 g/mol. The molecule has 1 unspecified atom stereocenters. The van der Waals surface area contributed by atoms with Crippen molar-refractivity contribution in [2.24, 2.45) is 11.8 Å². The highest BCUT2D eigenvalue weighted by Crippen LogP contribution is 2.32. The standard InChI is InChI=1S/C20H30N4O3S/c1-5-26-18(25)17(14(2)3)28-20-22-21-19(23-10-8-15(4)9-11-23)24(20)13-16-7-6-12-27-16/h6-7,12,14-15,17H,5,8-11,13H2,1-4H3. The van der Waals surface area contributed by atoms with Gasteiger partial charge in [0.15, 0.2) is 5.16 Å². The van der Waals surface area contributed by atoms with Gasteiger partial charge in [-0.15, -0.1) is 10.2 Å². The lowest BCUT2D eigenvalue weighted by molar-refractivity contribution is -0.143. The van der Waals surface area contributed by atoms with Gasteiger partial charge in [0.25, 0.3) is 0 Å². The van der Waals surface area contributed by atoms with Gasteiger partial charge in [0.2, 0.25) is 5.95 Å². The Morgan fingerprint density at radius 1 is 1.36 bits per heavy atom. The molecular formula is C20H30N4O3S. The van der Waals surface area contributed by atoms with E-state index < -0.39 is 0 Å². The molecule has 3 rings (SSSR count). The first-order chi connectivity index (χ1) is 13.5. The minimum atomic E-state index is -0.325. The number of aromatic nitrogens is 3. The molecule has 2 aromatic heterocycles. The first kappa shape index (κ1) is 20.8. The van der Waals surface area contributed by atoms with E-state index in [9.17, 15) is 4.79 Å². The predicted molar refractivity (Wildman–Crippen MR) is 110 cm³/mol. The van der Waals surface area contributed by atoms with Gasteiger partial charge in [-0.25, -0.2) is 0 Å². The average Bonchev–Trinajstić information content (AvgIpc) is 3.31. The molecule has 0 aromatic carbocycles. The van der Waals surface area contributed by atoms with Gasteiger partial charge in [0.1, 0.15) is 11.0 Å². The number of hydrogen-bond donors (Lipinski definition) is 0. The fourth-order valence-electron chi connectivity index (χ4n) is 3.30. The molecule has 1 saturated heterocycles. The fraction of sp³-hybridized carbons (Fsp3) is 0.650. The Morgan fingerprint density at radius 2 is 2.11 bits per heavy atom. The van der Waals surface area contributed by atoms with Crippen molar-refractivity contribution in [1.82, 2.24) is 14.8 Å². The van der Waals surface area contributed by atoms with E-state index in [0.29, 0.717) is 13.2 Å². The number of hydrogen-bond acceptors (Lipinski definition) is 7. The lowest BCUT2D eigenvalue weighted by Crippen LogP contribution is -2.35. The molecule has 154 valence electrons. The summed E-state index contributed by atoms with van der Waals surface area (Å²) < 4.78 is 12.9. The van der Waals surface area contributed by atoms with Crippen molar-refractivity contribution >= 4 is 23.7 Å². The summed E-state index contributed by atoms with van der Waals surface area (Å²) in [5.41, 5.74) is 0.